The predicted molar refractivity (Wildman–Crippen MR) is 110 cm³/mol. The number of hydrogen-bond acceptors (Lipinski definition) is 5. The molecule has 5 rings (SSSR count). The molecule has 2 heterocycles. The van der Waals surface area contributed by atoms with Crippen LogP contribution in [0.3, 0.4) is 0 Å². The predicted octanol–water partition coefficient (Wildman–Crippen LogP) is 4.42. The van der Waals surface area contributed by atoms with E-state index in [1.54, 1.807) is 18.5 Å². The van der Waals surface area contributed by atoms with Gasteiger partial charge in [-0.3, -0.25) is 4.40 Å². The second-order valence-corrected chi connectivity index (χ2v) is 6.61. The number of para-hydroxylation sites is 1. The molecule has 1 N–H and O–H groups in total. The molecule has 0 amide bonds. The zero-order chi connectivity index (χ0) is 19.1. The number of fused-ring (bicyclic) bond motifs is 3. The van der Waals surface area contributed by atoms with Gasteiger partial charge in [-0.15, -0.1) is 10.2 Å². The lowest BCUT2D eigenvalue weighted by atomic mass is 10.0. The van der Waals surface area contributed by atoms with E-state index in [1.165, 1.54) is 0 Å². The van der Waals surface area contributed by atoms with E-state index in [1.807, 2.05) is 53.9 Å². The van der Waals surface area contributed by atoms with Crippen LogP contribution in [-0.2, 0) is 0 Å². The molecule has 6 nitrogen and oxygen atoms in total. The van der Waals surface area contributed by atoms with Crippen molar-refractivity contribution >= 4 is 28.2 Å². The summed E-state index contributed by atoms with van der Waals surface area (Å²) in [5, 5.41) is 18.7. The molecule has 0 radical (unpaired) electrons. The molecule has 0 aliphatic heterocycles. The first-order valence-electron chi connectivity index (χ1n) is 8.92. The highest BCUT2D eigenvalue weighted by Gasteiger charge is 2.14. The summed E-state index contributed by atoms with van der Waals surface area (Å²) in [4.78, 5) is 6.79. The quantitative estimate of drug-likeness (QED) is 0.511. The summed E-state index contributed by atoms with van der Waals surface area (Å²) in [6.45, 7) is 0. The van der Waals surface area contributed by atoms with Crippen molar-refractivity contribution < 1.29 is 5.11 Å². The lowest BCUT2D eigenvalue weighted by Gasteiger charge is -2.21. The van der Waals surface area contributed by atoms with Crippen molar-refractivity contribution in [2.45, 2.75) is 0 Å². The molecule has 5 aromatic rings. The number of nitrogens with zero attached hydrogens (tertiary/aromatic N) is 5. The van der Waals surface area contributed by atoms with Crippen LogP contribution in [0.2, 0.25) is 0 Å². The molecule has 3 aromatic carbocycles. The molecular weight excluding hydrogens is 350 g/mol. The van der Waals surface area contributed by atoms with Gasteiger partial charge < -0.3 is 10.0 Å². The number of anilines is 2. The van der Waals surface area contributed by atoms with Crippen LogP contribution in [0.15, 0.2) is 79.1 Å². The molecule has 0 fully saturated rings. The van der Waals surface area contributed by atoms with Gasteiger partial charge in [0.1, 0.15) is 17.9 Å². The Balaban J connectivity index is 1.64. The molecule has 0 saturated heterocycles. The van der Waals surface area contributed by atoms with Gasteiger partial charge in [0.05, 0.1) is 5.52 Å². The zero-order valence-corrected chi connectivity index (χ0v) is 15.2. The first kappa shape index (κ1) is 16.3. The number of phenolic OH excluding ortho intramolecular Hbond substituents is 1. The van der Waals surface area contributed by atoms with E-state index in [-0.39, 0.29) is 5.75 Å². The molecule has 0 saturated carbocycles. The maximum Gasteiger partial charge on any atom is 0.257 e. The minimum absolute atomic E-state index is 0.259. The van der Waals surface area contributed by atoms with Crippen molar-refractivity contribution in [3.63, 3.8) is 0 Å². The Labute approximate surface area is 161 Å². The summed E-state index contributed by atoms with van der Waals surface area (Å²) < 4.78 is 1.89. The number of phenols is 1. The Bertz CT molecular complexity index is 1290. The second kappa shape index (κ2) is 6.35. The highest BCUT2D eigenvalue weighted by atomic mass is 16.3. The van der Waals surface area contributed by atoms with E-state index in [2.05, 4.69) is 33.3 Å². The lowest BCUT2D eigenvalue weighted by molar-refractivity contribution is 0.475. The number of aromatic nitrogens is 4. The van der Waals surface area contributed by atoms with Crippen LogP contribution in [0.1, 0.15) is 0 Å². The van der Waals surface area contributed by atoms with Gasteiger partial charge in [0.2, 0.25) is 0 Å². The molecule has 28 heavy (non-hydrogen) atoms. The SMILES string of the molecule is CN(c1cccc(-c2ccc(O)cc2)c1)c1nc2nncn2c2ccccc12. The zero-order valence-electron chi connectivity index (χ0n) is 15.2. The Morgan fingerprint density at radius 1 is 0.893 bits per heavy atom. The van der Waals surface area contributed by atoms with Crippen LogP contribution in [0.4, 0.5) is 11.5 Å². The summed E-state index contributed by atoms with van der Waals surface area (Å²) in [7, 11) is 2.00. The average Bonchev–Trinajstić information content (AvgIpc) is 3.22. The summed E-state index contributed by atoms with van der Waals surface area (Å²) in [6.07, 6.45) is 1.68. The fraction of sp³-hybridized carbons (Fsp3) is 0.0455. The molecule has 2 aromatic heterocycles. The van der Waals surface area contributed by atoms with E-state index < -0.39 is 0 Å². The molecule has 0 aliphatic carbocycles. The third kappa shape index (κ3) is 2.63. The van der Waals surface area contributed by atoms with Crippen LogP contribution in [-0.4, -0.2) is 31.7 Å². The monoisotopic (exact) mass is 367 g/mol. The Morgan fingerprint density at radius 3 is 2.57 bits per heavy atom. The van der Waals surface area contributed by atoms with E-state index in [9.17, 15) is 5.11 Å². The van der Waals surface area contributed by atoms with Crippen LogP contribution < -0.4 is 4.90 Å². The lowest BCUT2D eigenvalue weighted by Crippen LogP contribution is -2.13. The van der Waals surface area contributed by atoms with Crippen molar-refractivity contribution in [1.82, 2.24) is 19.6 Å². The van der Waals surface area contributed by atoms with Crippen molar-refractivity contribution in [3.05, 3.63) is 79.1 Å². The number of benzene rings is 3. The largest absolute Gasteiger partial charge is 0.508 e. The minimum Gasteiger partial charge on any atom is -0.508 e. The molecule has 136 valence electrons. The molecule has 0 aliphatic rings. The van der Waals surface area contributed by atoms with Crippen LogP contribution in [0.25, 0.3) is 27.8 Å². The van der Waals surface area contributed by atoms with Crippen LogP contribution in [0, 0.1) is 0 Å². The first-order valence-corrected chi connectivity index (χ1v) is 8.92. The highest BCUT2D eigenvalue weighted by molar-refractivity contribution is 5.93. The van der Waals surface area contributed by atoms with Gasteiger partial charge in [0.15, 0.2) is 0 Å². The van der Waals surface area contributed by atoms with Crippen molar-refractivity contribution in [3.8, 4) is 16.9 Å². The third-order valence-electron chi connectivity index (χ3n) is 4.89. The maximum atomic E-state index is 9.53. The van der Waals surface area contributed by atoms with Gasteiger partial charge in [-0.25, -0.2) is 0 Å². The molecule has 0 spiro atoms. The van der Waals surface area contributed by atoms with Crippen molar-refractivity contribution in [1.29, 1.82) is 0 Å². The van der Waals surface area contributed by atoms with Gasteiger partial charge in [-0.05, 0) is 47.5 Å². The van der Waals surface area contributed by atoms with E-state index in [4.69, 9.17) is 4.98 Å². The summed E-state index contributed by atoms with van der Waals surface area (Å²) in [5.74, 6) is 1.64. The van der Waals surface area contributed by atoms with Gasteiger partial charge in [0.25, 0.3) is 5.78 Å². The fourth-order valence-corrected chi connectivity index (χ4v) is 3.43. The molecule has 0 unspecified atom stereocenters. The topological polar surface area (TPSA) is 66.5 Å². The number of hydrogen-bond donors (Lipinski definition) is 1. The minimum atomic E-state index is 0.259. The summed E-state index contributed by atoms with van der Waals surface area (Å²) in [6, 6.07) is 23.5. The smallest absolute Gasteiger partial charge is 0.257 e. The second-order valence-electron chi connectivity index (χ2n) is 6.61. The van der Waals surface area contributed by atoms with Gasteiger partial charge in [-0.1, -0.05) is 36.4 Å². The van der Waals surface area contributed by atoms with E-state index in [0.29, 0.717) is 5.78 Å². The summed E-state index contributed by atoms with van der Waals surface area (Å²) in [5.41, 5.74) is 4.12. The maximum absolute atomic E-state index is 9.53. The van der Waals surface area contributed by atoms with Crippen LogP contribution >= 0.6 is 0 Å². The Kier molecular flexibility index (Phi) is 3.69. The molecule has 0 bridgehead atoms. The normalized spacial score (nSPS) is 11.2. The standard InChI is InChI=1S/C22H17N5O/c1-26(17-6-4-5-16(13-17)15-9-11-18(28)12-10-15)21-19-7-2-3-8-20(19)27-14-23-25-22(27)24-21/h2-14,28H,1H3. The average molecular weight is 367 g/mol. The van der Waals surface area contributed by atoms with Crippen molar-refractivity contribution in [2.75, 3.05) is 11.9 Å². The molecular formula is C22H17N5O. The van der Waals surface area contributed by atoms with Crippen molar-refractivity contribution in [2.24, 2.45) is 0 Å². The molecule has 6 heteroatoms. The third-order valence-corrected chi connectivity index (χ3v) is 4.89. The Hall–Kier alpha value is -3.93. The first-order chi connectivity index (χ1) is 13.7. The van der Waals surface area contributed by atoms with Gasteiger partial charge in [0, 0.05) is 18.1 Å². The summed E-state index contributed by atoms with van der Waals surface area (Å²) >= 11 is 0. The van der Waals surface area contributed by atoms with E-state index in [0.717, 1.165) is 33.5 Å². The molecule has 0 atom stereocenters. The van der Waals surface area contributed by atoms with Gasteiger partial charge >= 0.3 is 0 Å². The highest BCUT2D eigenvalue weighted by Crippen LogP contribution is 2.32. The Morgan fingerprint density at radius 2 is 1.71 bits per heavy atom. The van der Waals surface area contributed by atoms with Gasteiger partial charge in [-0.2, -0.15) is 4.98 Å². The van der Waals surface area contributed by atoms with Crippen LogP contribution in [0.5, 0.6) is 5.75 Å². The van der Waals surface area contributed by atoms with E-state index >= 15 is 0 Å². The number of aromatic hydroxyl groups is 1. The number of rotatable bonds is 3. The fourth-order valence-electron chi connectivity index (χ4n) is 3.43.